The van der Waals surface area contributed by atoms with Crippen molar-refractivity contribution in [2.75, 3.05) is 76.5 Å². The Morgan fingerprint density at radius 3 is 2.03 bits per heavy atom. The van der Waals surface area contributed by atoms with E-state index in [0.717, 1.165) is 52.5 Å². The first-order valence-corrected chi connectivity index (χ1v) is 11.1. The molecule has 0 N–H and O–H groups in total. The fraction of sp³-hybridized carbons (Fsp3) is 0.556. The summed E-state index contributed by atoms with van der Waals surface area (Å²) >= 11 is 3.08. The maximum atomic E-state index is 11.8. The molecule has 0 unspecified atom stereocenters. The van der Waals surface area contributed by atoms with Gasteiger partial charge in [-0.25, -0.2) is 9.98 Å². The molecule has 2 aliphatic rings. The van der Waals surface area contributed by atoms with Crippen LogP contribution in [0.1, 0.15) is 10.5 Å². The zero-order valence-electron chi connectivity index (χ0n) is 16.5. The Kier molecular flexibility index (Phi) is 6.38. The van der Waals surface area contributed by atoms with Crippen LogP contribution in [0.3, 0.4) is 0 Å². The molecule has 2 saturated heterocycles. The molecule has 9 nitrogen and oxygen atoms in total. The number of carbonyl (C=O) groups excluding carboxylic acids is 1. The number of aliphatic imine (C=N–C) groups is 1. The number of hydrogen-bond acceptors (Lipinski definition) is 10. The third-order valence-corrected chi connectivity index (χ3v) is 6.93. The van der Waals surface area contributed by atoms with Crippen LogP contribution in [-0.2, 0) is 9.47 Å². The summed E-state index contributed by atoms with van der Waals surface area (Å²) < 4.78 is 10.9. The van der Waals surface area contributed by atoms with E-state index in [1.54, 1.807) is 17.7 Å². The van der Waals surface area contributed by atoms with Crippen LogP contribution in [0.4, 0.5) is 16.1 Å². The number of hydrogen-bond donors (Lipinski definition) is 0. The van der Waals surface area contributed by atoms with Crippen LogP contribution in [0, 0.1) is 0 Å². The van der Waals surface area contributed by atoms with Gasteiger partial charge in [0.05, 0.1) is 42.5 Å². The molecule has 11 heteroatoms. The van der Waals surface area contributed by atoms with Gasteiger partial charge in [0.1, 0.15) is 5.69 Å². The monoisotopic (exact) mass is 436 g/mol. The second kappa shape index (κ2) is 9.16. The summed E-state index contributed by atoms with van der Waals surface area (Å²) in [4.78, 5) is 33.7. The minimum absolute atomic E-state index is 0.440. The minimum atomic E-state index is 0.440. The zero-order valence-corrected chi connectivity index (χ0v) is 18.2. The summed E-state index contributed by atoms with van der Waals surface area (Å²) in [5.41, 5.74) is 0.440. The molecule has 29 heavy (non-hydrogen) atoms. The summed E-state index contributed by atoms with van der Waals surface area (Å²) in [6.07, 6.45) is 2.55. The highest BCUT2D eigenvalue weighted by Crippen LogP contribution is 2.45. The van der Waals surface area contributed by atoms with Crippen LogP contribution in [0.25, 0.3) is 9.75 Å². The van der Waals surface area contributed by atoms with Crippen molar-refractivity contribution in [3.8, 4) is 9.75 Å². The molecule has 0 radical (unpaired) electrons. The molecule has 0 aromatic carbocycles. The van der Waals surface area contributed by atoms with E-state index in [0.29, 0.717) is 37.9 Å². The Labute approximate surface area is 177 Å². The van der Waals surface area contributed by atoms with Gasteiger partial charge in [-0.1, -0.05) is 22.7 Å². The van der Waals surface area contributed by atoms with Gasteiger partial charge >= 0.3 is 0 Å². The topological polar surface area (TPSA) is 83.4 Å². The highest BCUT2D eigenvalue weighted by molar-refractivity contribution is 7.26. The molecule has 0 bridgehead atoms. The Bertz CT molecular complexity index is 869. The van der Waals surface area contributed by atoms with Crippen molar-refractivity contribution >= 4 is 51.4 Å². The third-order valence-electron chi connectivity index (χ3n) is 4.53. The van der Waals surface area contributed by atoms with Gasteiger partial charge in [0.15, 0.2) is 22.4 Å². The quantitative estimate of drug-likeness (QED) is 0.386. The van der Waals surface area contributed by atoms with Gasteiger partial charge in [-0.15, -0.1) is 0 Å². The zero-order chi connectivity index (χ0) is 20.2. The van der Waals surface area contributed by atoms with Crippen molar-refractivity contribution in [1.82, 2.24) is 14.9 Å². The molecule has 0 saturated carbocycles. The molecule has 0 aliphatic carbocycles. The number of ether oxygens (including phenoxy) is 2. The van der Waals surface area contributed by atoms with E-state index in [-0.39, 0.29) is 0 Å². The van der Waals surface area contributed by atoms with Crippen LogP contribution in [0.5, 0.6) is 0 Å². The van der Waals surface area contributed by atoms with Crippen LogP contribution in [0.15, 0.2) is 4.99 Å². The molecule has 2 aromatic heterocycles. The molecule has 0 atom stereocenters. The Morgan fingerprint density at radius 1 is 0.931 bits per heavy atom. The van der Waals surface area contributed by atoms with Crippen LogP contribution < -0.4 is 9.80 Å². The number of thiazole rings is 2. The lowest BCUT2D eigenvalue weighted by molar-refractivity contribution is 0.112. The van der Waals surface area contributed by atoms with Gasteiger partial charge in [-0.3, -0.25) is 4.79 Å². The highest BCUT2D eigenvalue weighted by atomic mass is 32.1. The number of aromatic nitrogens is 2. The Hall–Kier alpha value is -2.08. The number of rotatable bonds is 6. The standard InChI is InChI=1S/C18H24N6O3S2/c1-22(2)12-19-16-15(29-18(21-16)24-5-9-27-10-6-24)14-13(11-25)20-17(28-14)23-3-7-26-8-4-23/h11-12H,3-10H2,1-2H3/b19-12+. The van der Waals surface area contributed by atoms with Crippen molar-refractivity contribution in [2.24, 2.45) is 4.99 Å². The molecule has 4 heterocycles. The lowest BCUT2D eigenvalue weighted by atomic mass is 10.3. The summed E-state index contributed by atoms with van der Waals surface area (Å²) in [5.74, 6) is 0.616. The number of anilines is 2. The molecule has 4 rings (SSSR count). The fourth-order valence-electron chi connectivity index (χ4n) is 3.05. The summed E-state index contributed by atoms with van der Waals surface area (Å²) in [5, 5.41) is 1.74. The van der Waals surface area contributed by atoms with Gasteiger partial charge < -0.3 is 24.2 Å². The van der Waals surface area contributed by atoms with E-state index in [4.69, 9.17) is 14.5 Å². The second-order valence-electron chi connectivity index (χ2n) is 6.88. The van der Waals surface area contributed by atoms with Crippen molar-refractivity contribution < 1.29 is 14.3 Å². The average Bonchev–Trinajstić information content (AvgIpc) is 3.37. The molecule has 2 aromatic rings. The first kappa shape index (κ1) is 20.2. The summed E-state index contributed by atoms with van der Waals surface area (Å²) in [6, 6.07) is 0. The first-order chi connectivity index (χ1) is 14.2. The predicted octanol–water partition coefficient (Wildman–Crippen LogP) is 1.97. The summed E-state index contributed by atoms with van der Waals surface area (Å²) in [6.45, 7) is 5.87. The molecule has 2 aliphatic heterocycles. The van der Waals surface area contributed by atoms with Gasteiger partial charge in [0, 0.05) is 40.3 Å². The van der Waals surface area contributed by atoms with E-state index in [2.05, 4.69) is 19.8 Å². The fourth-order valence-corrected chi connectivity index (χ4v) is 5.33. The lowest BCUT2D eigenvalue weighted by Crippen LogP contribution is -2.36. The van der Waals surface area contributed by atoms with Gasteiger partial charge in [-0.05, 0) is 0 Å². The van der Waals surface area contributed by atoms with E-state index in [1.807, 2.05) is 19.0 Å². The molecule has 0 amide bonds. The van der Waals surface area contributed by atoms with Crippen LogP contribution in [-0.4, -0.2) is 94.2 Å². The third kappa shape index (κ3) is 4.58. The van der Waals surface area contributed by atoms with Crippen molar-refractivity contribution in [1.29, 1.82) is 0 Å². The average molecular weight is 437 g/mol. The van der Waals surface area contributed by atoms with Gasteiger partial charge in [-0.2, -0.15) is 4.98 Å². The van der Waals surface area contributed by atoms with Crippen molar-refractivity contribution in [3.05, 3.63) is 5.69 Å². The van der Waals surface area contributed by atoms with Gasteiger partial charge in [0.25, 0.3) is 0 Å². The molecular weight excluding hydrogens is 412 g/mol. The van der Waals surface area contributed by atoms with E-state index in [9.17, 15) is 4.79 Å². The first-order valence-electron chi connectivity index (χ1n) is 9.49. The molecule has 2 fully saturated rings. The molecule has 156 valence electrons. The lowest BCUT2D eigenvalue weighted by Gasteiger charge is -2.26. The van der Waals surface area contributed by atoms with Crippen LogP contribution in [0.2, 0.25) is 0 Å². The number of aldehydes is 1. The maximum absolute atomic E-state index is 11.8. The second-order valence-corrected chi connectivity index (χ2v) is 8.84. The largest absolute Gasteiger partial charge is 0.378 e. The highest BCUT2D eigenvalue weighted by Gasteiger charge is 2.25. The number of nitrogens with zero attached hydrogens (tertiary/aromatic N) is 6. The Morgan fingerprint density at radius 2 is 1.48 bits per heavy atom. The molecular formula is C18H24N6O3S2. The predicted molar refractivity (Wildman–Crippen MR) is 117 cm³/mol. The normalized spacial score (nSPS) is 17.9. The van der Waals surface area contributed by atoms with E-state index in [1.165, 1.54) is 11.3 Å². The van der Waals surface area contributed by atoms with Crippen LogP contribution >= 0.6 is 22.7 Å². The van der Waals surface area contributed by atoms with Crippen molar-refractivity contribution in [3.63, 3.8) is 0 Å². The minimum Gasteiger partial charge on any atom is -0.378 e. The van der Waals surface area contributed by atoms with Crippen molar-refractivity contribution in [2.45, 2.75) is 0 Å². The van der Waals surface area contributed by atoms with E-state index < -0.39 is 0 Å². The smallest absolute Gasteiger partial charge is 0.188 e. The summed E-state index contributed by atoms with van der Waals surface area (Å²) in [7, 11) is 3.83. The van der Waals surface area contributed by atoms with E-state index >= 15 is 0 Å². The van der Waals surface area contributed by atoms with Gasteiger partial charge in [0.2, 0.25) is 0 Å². The number of morpholine rings is 2. The maximum Gasteiger partial charge on any atom is 0.188 e. The number of carbonyl (C=O) groups is 1. The molecule has 0 spiro atoms. The SMILES string of the molecule is CN(C)/C=N/c1nc(N2CCOCC2)sc1-c1sc(N2CCOCC2)nc1C=O. The Balaban J connectivity index is 1.72.